The lowest BCUT2D eigenvalue weighted by Crippen LogP contribution is -2.36. The molecule has 1 aromatic rings. The van der Waals surface area contributed by atoms with Crippen LogP contribution in [0.4, 0.5) is 0 Å². The second-order valence-electron chi connectivity index (χ2n) is 6.85. The molecule has 2 nitrogen and oxygen atoms in total. The minimum Gasteiger partial charge on any atom is -0.308 e. The molecule has 0 aliphatic heterocycles. The molecule has 0 radical (unpaired) electrons. The zero-order valence-corrected chi connectivity index (χ0v) is 16.4. The highest BCUT2D eigenvalue weighted by molar-refractivity contribution is 9.11. The van der Waals surface area contributed by atoms with Gasteiger partial charge in [-0.15, -0.1) is 0 Å². The average molecular weight is 418 g/mol. The molecule has 2 rings (SSSR count). The molecule has 1 aliphatic carbocycles. The van der Waals surface area contributed by atoms with Gasteiger partial charge in [-0.1, -0.05) is 27.2 Å². The Balaban J connectivity index is 1.81. The minimum absolute atomic E-state index is 0.501. The van der Waals surface area contributed by atoms with Gasteiger partial charge < -0.3 is 5.32 Å². The van der Waals surface area contributed by atoms with Crippen molar-refractivity contribution < 1.29 is 0 Å². The SMILES string of the molecule is CCC(C)(C)C1CCC(NCc2ncc(Br)cc2Br)CC1. The molecule has 0 saturated heterocycles. The second-order valence-corrected chi connectivity index (χ2v) is 8.62. The molecular weight excluding hydrogens is 392 g/mol. The summed E-state index contributed by atoms with van der Waals surface area (Å²) in [4.78, 5) is 4.47. The van der Waals surface area contributed by atoms with Gasteiger partial charge in [0.15, 0.2) is 0 Å². The van der Waals surface area contributed by atoms with Crippen LogP contribution >= 0.6 is 31.9 Å². The van der Waals surface area contributed by atoms with Crippen LogP contribution in [0.25, 0.3) is 0 Å². The highest BCUT2D eigenvalue weighted by Gasteiger charge is 2.31. The van der Waals surface area contributed by atoms with Gasteiger partial charge in [-0.3, -0.25) is 4.98 Å². The van der Waals surface area contributed by atoms with E-state index >= 15 is 0 Å². The number of hydrogen-bond acceptors (Lipinski definition) is 2. The van der Waals surface area contributed by atoms with E-state index in [1.54, 1.807) is 0 Å². The highest BCUT2D eigenvalue weighted by atomic mass is 79.9. The minimum atomic E-state index is 0.501. The van der Waals surface area contributed by atoms with E-state index in [4.69, 9.17) is 0 Å². The first-order valence-corrected chi connectivity index (χ1v) is 9.54. The molecule has 1 fully saturated rings. The Bertz CT molecular complexity index is 466. The molecule has 4 heteroatoms. The van der Waals surface area contributed by atoms with Crippen molar-refractivity contribution in [3.05, 3.63) is 26.9 Å². The summed E-state index contributed by atoms with van der Waals surface area (Å²) in [5.41, 5.74) is 1.59. The van der Waals surface area contributed by atoms with E-state index in [0.717, 1.165) is 27.1 Å². The summed E-state index contributed by atoms with van der Waals surface area (Å²) < 4.78 is 2.09. The summed E-state index contributed by atoms with van der Waals surface area (Å²) in [6.45, 7) is 8.02. The average Bonchev–Trinajstić information content (AvgIpc) is 2.47. The van der Waals surface area contributed by atoms with Crippen molar-refractivity contribution in [2.45, 2.75) is 65.5 Å². The van der Waals surface area contributed by atoms with Crippen LogP contribution in [-0.4, -0.2) is 11.0 Å². The third-order valence-electron chi connectivity index (χ3n) is 5.19. The van der Waals surface area contributed by atoms with Gasteiger partial charge in [0.1, 0.15) is 0 Å². The summed E-state index contributed by atoms with van der Waals surface area (Å²) in [6, 6.07) is 2.70. The van der Waals surface area contributed by atoms with Crippen LogP contribution in [-0.2, 0) is 6.54 Å². The zero-order chi connectivity index (χ0) is 15.5. The lowest BCUT2D eigenvalue weighted by atomic mass is 9.69. The lowest BCUT2D eigenvalue weighted by Gasteiger charge is -2.39. The van der Waals surface area contributed by atoms with Gasteiger partial charge in [0.25, 0.3) is 0 Å². The third kappa shape index (κ3) is 4.77. The molecule has 118 valence electrons. The Morgan fingerprint density at radius 3 is 2.48 bits per heavy atom. The van der Waals surface area contributed by atoms with E-state index in [1.807, 2.05) is 6.20 Å². The smallest absolute Gasteiger partial charge is 0.0684 e. The van der Waals surface area contributed by atoms with Crippen LogP contribution in [0.2, 0.25) is 0 Å². The lowest BCUT2D eigenvalue weighted by molar-refractivity contribution is 0.136. The van der Waals surface area contributed by atoms with Crippen molar-refractivity contribution in [2.24, 2.45) is 11.3 Å². The molecule has 0 bridgehead atoms. The Kier molecular flexibility index (Phi) is 6.27. The van der Waals surface area contributed by atoms with E-state index in [1.165, 1.54) is 32.1 Å². The van der Waals surface area contributed by atoms with Gasteiger partial charge in [-0.25, -0.2) is 0 Å². The largest absolute Gasteiger partial charge is 0.308 e. The van der Waals surface area contributed by atoms with Gasteiger partial charge in [-0.2, -0.15) is 0 Å². The van der Waals surface area contributed by atoms with Gasteiger partial charge >= 0.3 is 0 Å². The fourth-order valence-corrected chi connectivity index (χ4v) is 4.31. The molecule has 1 N–H and O–H groups in total. The first-order valence-electron chi connectivity index (χ1n) is 7.95. The van der Waals surface area contributed by atoms with Gasteiger partial charge in [-0.05, 0) is 74.9 Å². The van der Waals surface area contributed by atoms with Crippen molar-refractivity contribution in [3.8, 4) is 0 Å². The molecule has 1 aromatic heterocycles. The predicted molar refractivity (Wildman–Crippen MR) is 96.3 cm³/mol. The van der Waals surface area contributed by atoms with Crippen molar-refractivity contribution in [3.63, 3.8) is 0 Å². The van der Waals surface area contributed by atoms with Gasteiger partial charge in [0.2, 0.25) is 0 Å². The molecule has 1 saturated carbocycles. The van der Waals surface area contributed by atoms with E-state index in [0.29, 0.717) is 11.5 Å². The Labute approximate surface area is 145 Å². The molecule has 0 amide bonds. The quantitative estimate of drug-likeness (QED) is 0.665. The molecule has 0 spiro atoms. The van der Waals surface area contributed by atoms with E-state index in [-0.39, 0.29) is 0 Å². The number of nitrogens with one attached hydrogen (secondary N) is 1. The van der Waals surface area contributed by atoms with Crippen LogP contribution in [0, 0.1) is 11.3 Å². The summed E-state index contributed by atoms with van der Waals surface area (Å²) in [7, 11) is 0. The van der Waals surface area contributed by atoms with E-state index < -0.39 is 0 Å². The standard InChI is InChI=1S/C17H26Br2N2/c1-4-17(2,3)12-5-7-14(8-6-12)20-11-16-15(19)9-13(18)10-21-16/h9-10,12,14,20H,4-8,11H2,1-3H3. The van der Waals surface area contributed by atoms with Crippen LogP contribution in [0.15, 0.2) is 21.2 Å². The number of halogens is 2. The zero-order valence-electron chi connectivity index (χ0n) is 13.3. The Morgan fingerprint density at radius 2 is 1.90 bits per heavy atom. The van der Waals surface area contributed by atoms with Crippen molar-refractivity contribution in [1.29, 1.82) is 0 Å². The maximum Gasteiger partial charge on any atom is 0.0684 e. The monoisotopic (exact) mass is 416 g/mol. The molecule has 0 unspecified atom stereocenters. The molecule has 0 aromatic carbocycles. The van der Waals surface area contributed by atoms with Crippen LogP contribution in [0.3, 0.4) is 0 Å². The maximum absolute atomic E-state index is 4.47. The molecule has 1 heterocycles. The summed E-state index contributed by atoms with van der Waals surface area (Å²) in [6.07, 6.45) is 8.44. The highest BCUT2D eigenvalue weighted by Crippen LogP contribution is 2.40. The molecule has 0 atom stereocenters. The van der Waals surface area contributed by atoms with Crippen LogP contribution < -0.4 is 5.32 Å². The van der Waals surface area contributed by atoms with Gasteiger partial charge in [0, 0.05) is 27.7 Å². The Morgan fingerprint density at radius 1 is 1.24 bits per heavy atom. The second kappa shape index (κ2) is 7.56. The van der Waals surface area contributed by atoms with Crippen LogP contribution in [0.5, 0.6) is 0 Å². The predicted octanol–water partition coefficient (Wildman–Crippen LogP) is 5.69. The fraction of sp³-hybridized carbons (Fsp3) is 0.706. The number of nitrogens with zero attached hydrogens (tertiary/aromatic N) is 1. The van der Waals surface area contributed by atoms with E-state index in [9.17, 15) is 0 Å². The molecular formula is C17H26Br2N2. The molecule has 21 heavy (non-hydrogen) atoms. The maximum atomic E-state index is 4.47. The van der Waals surface area contributed by atoms with Crippen molar-refractivity contribution in [1.82, 2.24) is 10.3 Å². The number of pyridine rings is 1. The fourth-order valence-electron chi connectivity index (χ4n) is 3.18. The third-order valence-corrected chi connectivity index (χ3v) is 6.31. The van der Waals surface area contributed by atoms with E-state index in [2.05, 4.69) is 69.0 Å². The number of hydrogen-bond donors (Lipinski definition) is 1. The Hall–Kier alpha value is 0.0700. The topological polar surface area (TPSA) is 24.9 Å². The van der Waals surface area contributed by atoms with Crippen molar-refractivity contribution >= 4 is 31.9 Å². The summed E-state index contributed by atoms with van der Waals surface area (Å²) >= 11 is 7.03. The number of rotatable bonds is 5. The summed E-state index contributed by atoms with van der Waals surface area (Å²) in [5.74, 6) is 0.887. The first kappa shape index (κ1) is 17.4. The normalized spacial score (nSPS) is 23.3. The summed E-state index contributed by atoms with van der Waals surface area (Å²) in [5, 5.41) is 3.68. The van der Waals surface area contributed by atoms with Crippen LogP contribution in [0.1, 0.15) is 58.6 Å². The first-order chi connectivity index (χ1) is 9.92. The van der Waals surface area contributed by atoms with Crippen molar-refractivity contribution in [2.75, 3.05) is 0 Å². The van der Waals surface area contributed by atoms with Gasteiger partial charge in [0.05, 0.1) is 5.69 Å². The molecule has 1 aliphatic rings. The number of aromatic nitrogens is 1.